The summed E-state index contributed by atoms with van der Waals surface area (Å²) in [5, 5.41) is 0. The fraction of sp³-hybridized carbons (Fsp3) is 0.694. The molecule has 0 saturated heterocycles. The summed E-state index contributed by atoms with van der Waals surface area (Å²) in [5.41, 5.74) is 3.46. The van der Waals surface area contributed by atoms with Gasteiger partial charge >= 0.3 is 5.97 Å². The van der Waals surface area contributed by atoms with E-state index in [0.29, 0.717) is 10.8 Å². The van der Waals surface area contributed by atoms with Gasteiger partial charge in [-0.2, -0.15) is 0 Å². The number of carbonyl (C=O) groups is 1. The maximum Gasteiger partial charge on any atom is 0.331 e. The third-order valence-electron chi connectivity index (χ3n) is 11.8. The van der Waals surface area contributed by atoms with Crippen molar-refractivity contribution in [3.63, 3.8) is 0 Å². The van der Waals surface area contributed by atoms with Crippen molar-refractivity contribution in [2.75, 3.05) is 0 Å². The Bertz CT molecular complexity index is 1020. The zero-order valence-corrected chi connectivity index (χ0v) is 24.8. The number of esters is 1. The van der Waals surface area contributed by atoms with Crippen molar-refractivity contribution in [2.45, 2.75) is 111 Å². The van der Waals surface area contributed by atoms with Crippen LogP contribution in [-0.2, 0) is 9.53 Å². The van der Waals surface area contributed by atoms with Crippen molar-refractivity contribution in [2.24, 2.45) is 46.3 Å². The third kappa shape index (κ3) is 5.44. The van der Waals surface area contributed by atoms with Crippen molar-refractivity contribution in [3.8, 4) is 0 Å². The second kappa shape index (κ2) is 11.3. The maximum absolute atomic E-state index is 12.6. The fourth-order valence-corrected chi connectivity index (χ4v) is 9.68. The molecule has 2 nitrogen and oxygen atoms in total. The van der Waals surface area contributed by atoms with Crippen LogP contribution in [0.5, 0.6) is 0 Å². The highest BCUT2D eigenvalue weighted by atomic mass is 16.5. The van der Waals surface area contributed by atoms with E-state index in [0.717, 1.165) is 53.9 Å². The van der Waals surface area contributed by atoms with E-state index in [-0.39, 0.29) is 12.1 Å². The molecule has 3 saturated carbocycles. The van der Waals surface area contributed by atoms with Gasteiger partial charge in [-0.3, -0.25) is 0 Å². The monoisotopic (exact) mass is 516 g/mol. The normalized spacial score (nSPS) is 37.3. The minimum atomic E-state index is -0.204. The molecule has 1 aromatic rings. The molecule has 0 unspecified atom stereocenters. The van der Waals surface area contributed by atoms with Gasteiger partial charge in [0.15, 0.2) is 0 Å². The third-order valence-corrected chi connectivity index (χ3v) is 11.8. The molecule has 0 amide bonds. The van der Waals surface area contributed by atoms with Crippen LogP contribution in [0.1, 0.15) is 111 Å². The first kappa shape index (κ1) is 27.7. The van der Waals surface area contributed by atoms with E-state index in [1.54, 1.807) is 11.6 Å². The lowest BCUT2D eigenvalue weighted by atomic mass is 9.47. The van der Waals surface area contributed by atoms with Crippen LogP contribution in [0.2, 0.25) is 0 Å². The summed E-state index contributed by atoms with van der Waals surface area (Å²) >= 11 is 0. The molecule has 0 spiro atoms. The number of hydrogen-bond donors (Lipinski definition) is 0. The first-order chi connectivity index (χ1) is 18.2. The molecule has 3 fully saturated rings. The van der Waals surface area contributed by atoms with Crippen molar-refractivity contribution >= 4 is 12.0 Å². The number of allylic oxidation sites excluding steroid dienone is 1. The Morgan fingerprint density at radius 1 is 1.00 bits per heavy atom. The van der Waals surface area contributed by atoms with Crippen molar-refractivity contribution in [1.29, 1.82) is 0 Å². The van der Waals surface area contributed by atoms with E-state index in [2.05, 4.69) is 40.7 Å². The SMILES string of the molecule is CC(C)CCC[C@@H](C)[C@H]1CC[C@@H]2[C@H]3CC=C4C[C@@H](OC(=O)/C=C/c5ccccc5)CC[C@]4(C)[C@@H]3CC[C@@]21C. The molecule has 8 atom stereocenters. The molecule has 1 aromatic carbocycles. The van der Waals surface area contributed by atoms with E-state index < -0.39 is 0 Å². The lowest BCUT2D eigenvalue weighted by Crippen LogP contribution is -2.51. The number of hydrogen-bond acceptors (Lipinski definition) is 2. The second-order valence-corrected chi connectivity index (χ2v) is 14.3. The number of benzene rings is 1. The largest absolute Gasteiger partial charge is 0.459 e. The Labute approximate surface area is 232 Å². The highest BCUT2D eigenvalue weighted by Crippen LogP contribution is 2.67. The van der Waals surface area contributed by atoms with Crippen LogP contribution in [0, 0.1) is 46.3 Å². The fourth-order valence-electron chi connectivity index (χ4n) is 9.68. The molecule has 4 aliphatic rings. The highest BCUT2D eigenvalue weighted by Gasteiger charge is 2.59. The number of carbonyl (C=O) groups excluding carboxylic acids is 1. The van der Waals surface area contributed by atoms with Crippen molar-refractivity contribution in [3.05, 3.63) is 53.6 Å². The van der Waals surface area contributed by atoms with Gasteiger partial charge in [0, 0.05) is 12.5 Å². The molecule has 0 aromatic heterocycles. The smallest absolute Gasteiger partial charge is 0.331 e. The molecule has 0 bridgehead atoms. The lowest BCUT2D eigenvalue weighted by Gasteiger charge is -2.58. The molecule has 0 aliphatic heterocycles. The number of fused-ring (bicyclic) bond motifs is 5. The molecular weight excluding hydrogens is 464 g/mol. The first-order valence-electron chi connectivity index (χ1n) is 15.8. The van der Waals surface area contributed by atoms with E-state index in [1.165, 1.54) is 57.8 Å². The molecule has 0 N–H and O–H groups in total. The standard InChI is InChI=1S/C36H52O2/c1-25(2)10-9-11-26(3)31-17-18-32-30-16-15-28-24-29(38-34(37)19-14-27-12-7-6-8-13-27)20-22-35(28,4)33(30)21-23-36(31,32)5/h6-8,12-15,19,25-26,29-33H,9-11,16-18,20-24H2,1-5H3/b19-14+/t26-,29+,30-,31-,32-,33-,35+,36-/m1/s1. The Hall–Kier alpha value is -1.83. The predicted molar refractivity (Wildman–Crippen MR) is 158 cm³/mol. The Morgan fingerprint density at radius 3 is 2.55 bits per heavy atom. The van der Waals surface area contributed by atoms with Crippen LogP contribution in [0.4, 0.5) is 0 Å². The summed E-state index contributed by atoms with van der Waals surface area (Å²) in [6.45, 7) is 12.6. The van der Waals surface area contributed by atoms with Gasteiger partial charge in [0.2, 0.25) is 0 Å². The maximum atomic E-state index is 12.6. The Balaban J connectivity index is 1.22. The van der Waals surface area contributed by atoms with E-state index in [4.69, 9.17) is 4.74 Å². The summed E-state index contributed by atoms with van der Waals surface area (Å²) < 4.78 is 5.95. The molecule has 5 rings (SSSR count). The van der Waals surface area contributed by atoms with Crippen LogP contribution in [0.25, 0.3) is 6.08 Å². The van der Waals surface area contributed by atoms with Crippen molar-refractivity contribution < 1.29 is 9.53 Å². The van der Waals surface area contributed by atoms with Crippen LogP contribution in [0.15, 0.2) is 48.1 Å². The zero-order valence-electron chi connectivity index (χ0n) is 24.8. The van der Waals surface area contributed by atoms with Crippen LogP contribution < -0.4 is 0 Å². The number of ether oxygens (including phenoxy) is 1. The van der Waals surface area contributed by atoms with Gasteiger partial charge in [0.05, 0.1) is 0 Å². The lowest BCUT2D eigenvalue weighted by molar-refractivity contribution is -0.145. The summed E-state index contributed by atoms with van der Waals surface area (Å²) in [5.74, 6) is 4.97. The molecule has 4 aliphatic carbocycles. The van der Waals surface area contributed by atoms with Gasteiger partial charge in [-0.15, -0.1) is 0 Å². The zero-order chi connectivity index (χ0) is 26.9. The van der Waals surface area contributed by atoms with Gasteiger partial charge in [0.1, 0.15) is 6.10 Å². The minimum absolute atomic E-state index is 0.0233. The first-order valence-corrected chi connectivity index (χ1v) is 15.8. The second-order valence-electron chi connectivity index (χ2n) is 14.3. The van der Waals surface area contributed by atoms with Gasteiger partial charge in [-0.25, -0.2) is 4.79 Å². The van der Waals surface area contributed by atoms with Crippen LogP contribution in [-0.4, -0.2) is 12.1 Å². The summed E-state index contributed by atoms with van der Waals surface area (Å²) in [7, 11) is 0. The van der Waals surface area contributed by atoms with Gasteiger partial charge < -0.3 is 4.74 Å². The highest BCUT2D eigenvalue weighted by molar-refractivity contribution is 5.87. The average molecular weight is 517 g/mol. The molecular formula is C36H52O2. The Kier molecular flexibility index (Phi) is 8.28. The van der Waals surface area contributed by atoms with Crippen LogP contribution >= 0.6 is 0 Å². The summed E-state index contributed by atoms with van der Waals surface area (Å²) in [6.07, 6.45) is 20.3. The number of rotatable bonds is 8. The topological polar surface area (TPSA) is 26.3 Å². The van der Waals surface area contributed by atoms with Gasteiger partial charge in [-0.1, -0.05) is 95.9 Å². The van der Waals surface area contributed by atoms with Crippen LogP contribution in [0.3, 0.4) is 0 Å². The van der Waals surface area contributed by atoms with Crippen molar-refractivity contribution in [1.82, 2.24) is 0 Å². The molecule has 2 heteroatoms. The van der Waals surface area contributed by atoms with E-state index in [1.807, 2.05) is 36.4 Å². The molecule has 208 valence electrons. The molecule has 38 heavy (non-hydrogen) atoms. The predicted octanol–water partition coefficient (Wildman–Crippen LogP) is 9.65. The molecule has 0 heterocycles. The quantitative estimate of drug-likeness (QED) is 0.195. The average Bonchev–Trinajstić information content (AvgIpc) is 3.25. The summed E-state index contributed by atoms with van der Waals surface area (Å²) in [6, 6.07) is 9.99. The van der Waals surface area contributed by atoms with Gasteiger partial charge in [-0.05, 0) is 103 Å². The van der Waals surface area contributed by atoms with E-state index >= 15 is 0 Å². The summed E-state index contributed by atoms with van der Waals surface area (Å²) in [4.78, 5) is 12.6. The van der Waals surface area contributed by atoms with E-state index in [9.17, 15) is 4.79 Å². The molecule has 0 radical (unpaired) electrons. The minimum Gasteiger partial charge on any atom is -0.459 e. The van der Waals surface area contributed by atoms with Gasteiger partial charge in [0.25, 0.3) is 0 Å². The Morgan fingerprint density at radius 2 is 1.79 bits per heavy atom.